The molecule has 2 heterocycles. The summed E-state index contributed by atoms with van der Waals surface area (Å²) < 4.78 is 0. The molecule has 4 heteroatoms. The Morgan fingerprint density at radius 1 is 1.16 bits per heavy atom. The van der Waals surface area contributed by atoms with Crippen molar-refractivity contribution in [2.45, 2.75) is 39.7 Å². The van der Waals surface area contributed by atoms with Crippen molar-refractivity contribution in [3.63, 3.8) is 0 Å². The van der Waals surface area contributed by atoms with E-state index in [4.69, 9.17) is 0 Å². The van der Waals surface area contributed by atoms with Crippen LogP contribution in [0, 0.1) is 6.92 Å². The van der Waals surface area contributed by atoms with Crippen molar-refractivity contribution in [3.05, 3.63) is 35.7 Å². The molecule has 19 heavy (non-hydrogen) atoms. The minimum atomic E-state index is 0.349. The first-order chi connectivity index (χ1) is 9.33. The van der Waals surface area contributed by atoms with Gasteiger partial charge >= 0.3 is 0 Å². The topological polar surface area (TPSA) is 53.6 Å². The molecule has 3 rings (SSSR count). The molecule has 0 saturated carbocycles. The third kappa shape index (κ3) is 3.20. The van der Waals surface area contributed by atoms with Crippen LogP contribution in [0.3, 0.4) is 0 Å². The molecule has 2 N–H and O–H groups in total. The van der Waals surface area contributed by atoms with E-state index in [-0.39, 0.29) is 0 Å². The summed E-state index contributed by atoms with van der Waals surface area (Å²) in [5, 5.41) is 10.7. The molecule has 0 aliphatic carbocycles. The first kappa shape index (κ1) is 13.7. The fourth-order valence-electron chi connectivity index (χ4n) is 2.18. The van der Waals surface area contributed by atoms with Gasteiger partial charge < -0.3 is 5.32 Å². The van der Waals surface area contributed by atoms with Gasteiger partial charge in [0.05, 0.1) is 6.04 Å². The van der Waals surface area contributed by atoms with Gasteiger partial charge in [0, 0.05) is 5.56 Å². The van der Waals surface area contributed by atoms with Gasteiger partial charge in [-0.05, 0) is 26.3 Å². The molecule has 1 aliphatic rings. The van der Waals surface area contributed by atoms with E-state index in [1.165, 1.54) is 12.0 Å². The van der Waals surface area contributed by atoms with Gasteiger partial charge in [0.1, 0.15) is 5.82 Å². The Kier molecular flexibility index (Phi) is 4.68. The number of H-pyrrole nitrogens is 1. The Morgan fingerprint density at radius 3 is 2.53 bits per heavy atom. The normalized spacial score (nSPS) is 17.9. The summed E-state index contributed by atoms with van der Waals surface area (Å²) in [5.74, 6) is 1.74. The quantitative estimate of drug-likeness (QED) is 0.869. The van der Waals surface area contributed by atoms with Crippen molar-refractivity contribution in [2.75, 3.05) is 6.54 Å². The number of aromatic amines is 1. The molecule has 1 aromatic carbocycles. The maximum atomic E-state index is 4.56. The summed E-state index contributed by atoms with van der Waals surface area (Å²) in [5.41, 5.74) is 2.32. The zero-order chi connectivity index (χ0) is 13.7. The second-order valence-corrected chi connectivity index (χ2v) is 4.56. The largest absolute Gasteiger partial charge is 0.307 e. The second kappa shape index (κ2) is 6.48. The van der Waals surface area contributed by atoms with Gasteiger partial charge in [-0.15, -0.1) is 0 Å². The van der Waals surface area contributed by atoms with Gasteiger partial charge in [0.15, 0.2) is 5.82 Å². The predicted octanol–water partition coefficient (Wildman–Crippen LogP) is 3.23. The van der Waals surface area contributed by atoms with Crippen LogP contribution in [0.2, 0.25) is 0 Å². The molecule has 1 aromatic heterocycles. The Morgan fingerprint density at radius 2 is 1.89 bits per heavy atom. The van der Waals surface area contributed by atoms with Gasteiger partial charge in [-0.2, -0.15) is 5.10 Å². The summed E-state index contributed by atoms with van der Waals surface area (Å²) >= 11 is 0. The van der Waals surface area contributed by atoms with Gasteiger partial charge in [0.25, 0.3) is 0 Å². The number of hydrogen-bond acceptors (Lipinski definition) is 3. The molecule has 1 atom stereocenters. The molecule has 0 radical (unpaired) electrons. The minimum Gasteiger partial charge on any atom is -0.307 e. The standard InChI is InChI=1S/C13H16N4.C2H6/c1-9-4-6-10(7-5-9)12-15-13(17-16-12)11-3-2-8-14-11;1-2/h4-7,11,14H,2-3,8H2,1H3,(H,15,16,17);1-2H3. The van der Waals surface area contributed by atoms with Crippen LogP contribution < -0.4 is 5.32 Å². The SMILES string of the molecule is CC.Cc1ccc(-c2n[nH]c(C3CCCN3)n2)cc1. The van der Waals surface area contributed by atoms with E-state index in [1.54, 1.807) is 0 Å². The lowest BCUT2D eigenvalue weighted by Crippen LogP contribution is -2.14. The summed E-state index contributed by atoms with van der Waals surface area (Å²) in [6.07, 6.45) is 2.35. The molecule has 1 saturated heterocycles. The average molecular weight is 258 g/mol. The Bertz CT molecular complexity index is 495. The Balaban J connectivity index is 0.000000637. The van der Waals surface area contributed by atoms with Crippen molar-refractivity contribution in [3.8, 4) is 11.4 Å². The van der Waals surface area contributed by atoms with E-state index in [0.717, 1.165) is 30.2 Å². The fraction of sp³-hybridized carbons (Fsp3) is 0.467. The van der Waals surface area contributed by atoms with Crippen molar-refractivity contribution < 1.29 is 0 Å². The monoisotopic (exact) mass is 258 g/mol. The number of aryl methyl sites for hydroxylation is 1. The molecule has 1 unspecified atom stereocenters. The lowest BCUT2D eigenvalue weighted by atomic mass is 10.1. The zero-order valence-corrected chi connectivity index (χ0v) is 11.9. The first-order valence-electron chi connectivity index (χ1n) is 7.05. The number of hydrogen-bond donors (Lipinski definition) is 2. The second-order valence-electron chi connectivity index (χ2n) is 4.56. The lowest BCUT2D eigenvalue weighted by Gasteiger charge is -2.03. The van der Waals surface area contributed by atoms with Crippen LogP contribution in [0.15, 0.2) is 24.3 Å². The highest BCUT2D eigenvalue weighted by Gasteiger charge is 2.19. The molecule has 2 aromatic rings. The Hall–Kier alpha value is -1.68. The van der Waals surface area contributed by atoms with Crippen LogP contribution in [-0.2, 0) is 0 Å². The van der Waals surface area contributed by atoms with Crippen LogP contribution in [0.5, 0.6) is 0 Å². The van der Waals surface area contributed by atoms with E-state index >= 15 is 0 Å². The van der Waals surface area contributed by atoms with Crippen molar-refractivity contribution in [1.82, 2.24) is 20.5 Å². The molecule has 1 aliphatic heterocycles. The maximum Gasteiger partial charge on any atom is 0.181 e. The minimum absolute atomic E-state index is 0.349. The summed E-state index contributed by atoms with van der Waals surface area (Å²) in [4.78, 5) is 4.56. The number of rotatable bonds is 2. The summed E-state index contributed by atoms with van der Waals surface area (Å²) in [6, 6.07) is 8.63. The molecule has 4 nitrogen and oxygen atoms in total. The fourth-order valence-corrected chi connectivity index (χ4v) is 2.18. The highest BCUT2D eigenvalue weighted by Crippen LogP contribution is 2.22. The van der Waals surface area contributed by atoms with Crippen LogP contribution in [0.1, 0.15) is 44.1 Å². The van der Waals surface area contributed by atoms with Crippen molar-refractivity contribution in [1.29, 1.82) is 0 Å². The molecule has 0 spiro atoms. The molecule has 0 bridgehead atoms. The number of benzene rings is 1. The van der Waals surface area contributed by atoms with E-state index < -0.39 is 0 Å². The number of aromatic nitrogens is 3. The molecule has 102 valence electrons. The third-order valence-electron chi connectivity index (χ3n) is 3.20. The molecular formula is C15H22N4. The lowest BCUT2D eigenvalue weighted by molar-refractivity contribution is 0.608. The Labute approximate surface area is 114 Å². The van der Waals surface area contributed by atoms with E-state index in [9.17, 15) is 0 Å². The predicted molar refractivity (Wildman–Crippen MR) is 77.9 cm³/mol. The van der Waals surface area contributed by atoms with Gasteiger partial charge in [-0.3, -0.25) is 5.10 Å². The smallest absolute Gasteiger partial charge is 0.181 e. The first-order valence-corrected chi connectivity index (χ1v) is 7.05. The van der Waals surface area contributed by atoms with Gasteiger partial charge in [-0.1, -0.05) is 43.7 Å². The van der Waals surface area contributed by atoms with Gasteiger partial charge in [-0.25, -0.2) is 4.98 Å². The molecule has 1 fully saturated rings. The molecule has 0 amide bonds. The summed E-state index contributed by atoms with van der Waals surface area (Å²) in [7, 11) is 0. The van der Waals surface area contributed by atoms with Crippen molar-refractivity contribution >= 4 is 0 Å². The number of nitrogens with one attached hydrogen (secondary N) is 2. The zero-order valence-electron chi connectivity index (χ0n) is 11.9. The maximum absolute atomic E-state index is 4.56. The highest BCUT2D eigenvalue weighted by molar-refractivity contribution is 5.54. The van der Waals surface area contributed by atoms with Crippen LogP contribution in [0.4, 0.5) is 0 Å². The van der Waals surface area contributed by atoms with E-state index in [2.05, 4.69) is 51.7 Å². The number of nitrogens with zero attached hydrogens (tertiary/aromatic N) is 2. The van der Waals surface area contributed by atoms with Gasteiger partial charge in [0.2, 0.25) is 0 Å². The van der Waals surface area contributed by atoms with E-state index in [1.807, 2.05) is 13.8 Å². The van der Waals surface area contributed by atoms with Crippen molar-refractivity contribution in [2.24, 2.45) is 0 Å². The van der Waals surface area contributed by atoms with Crippen LogP contribution >= 0.6 is 0 Å². The highest BCUT2D eigenvalue weighted by atomic mass is 15.2. The van der Waals surface area contributed by atoms with Crippen LogP contribution in [-0.4, -0.2) is 21.7 Å². The molecular weight excluding hydrogens is 236 g/mol. The summed E-state index contributed by atoms with van der Waals surface area (Å²) in [6.45, 7) is 7.15. The van der Waals surface area contributed by atoms with Crippen LogP contribution in [0.25, 0.3) is 11.4 Å². The third-order valence-corrected chi connectivity index (χ3v) is 3.20. The van der Waals surface area contributed by atoms with E-state index in [0.29, 0.717) is 6.04 Å². The average Bonchev–Trinajstić information content (AvgIpc) is 3.13.